The molecule has 2 fully saturated rings. The van der Waals surface area contributed by atoms with Gasteiger partial charge in [-0.3, -0.25) is 4.90 Å². The lowest BCUT2D eigenvalue weighted by atomic mass is 9.68. The van der Waals surface area contributed by atoms with Crippen molar-refractivity contribution in [3.05, 3.63) is 0 Å². The average Bonchev–Trinajstić information content (AvgIpc) is 2.27. The van der Waals surface area contributed by atoms with Crippen LogP contribution in [-0.2, 0) is 0 Å². The van der Waals surface area contributed by atoms with E-state index in [1.807, 2.05) is 4.90 Å². The summed E-state index contributed by atoms with van der Waals surface area (Å²) in [4.78, 5) is 1.91. The van der Waals surface area contributed by atoms with Crippen LogP contribution < -0.4 is 0 Å². The first kappa shape index (κ1) is 12.8. The molecular formula is C13H20F2N2. The summed E-state index contributed by atoms with van der Waals surface area (Å²) in [6, 6.07) is 2.61. The summed E-state index contributed by atoms with van der Waals surface area (Å²) in [5.41, 5.74) is 0.165. The summed E-state index contributed by atoms with van der Waals surface area (Å²) in [6.45, 7) is 2.01. The average molecular weight is 242 g/mol. The minimum atomic E-state index is -2.45. The van der Waals surface area contributed by atoms with Gasteiger partial charge in [0.1, 0.15) is 0 Å². The van der Waals surface area contributed by atoms with Crippen molar-refractivity contribution in [3.8, 4) is 6.07 Å². The molecule has 0 bridgehead atoms. The standard InChI is InChI=1S/C13H20F2N2/c1-2-12(7-8-16)5-3-11(4-6-12)17-9-13(14,15)10-17/h11H,2-7,9-10H2,1H3. The normalized spacial score (nSPS) is 37.2. The van der Waals surface area contributed by atoms with Crippen molar-refractivity contribution in [2.45, 2.75) is 57.4 Å². The first-order chi connectivity index (χ1) is 8.00. The molecule has 1 saturated carbocycles. The number of nitriles is 1. The molecule has 1 saturated heterocycles. The molecule has 96 valence electrons. The van der Waals surface area contributed by atoms with E-state index in [0.29, 0.717) is 12.5 Å². The molecule has 17 heavy (non-hydrogen) atoms. The zero-order valence-electron chi connectivity index (χ0n) is 10.4. The monoisotopic (exact) mass is 242 g/mol. The van der Waals surface area contributed by atoms with E-state index < -0.39 is 5.92 Å². The molecule has 1 aliphatic carbocycles. The molecule has 0 aromatic carbocycles. The number of alkyl halides is 2. The quantitative estimate of drug-likeness (QED) is 0.760. The van der Waals surface area contributed by atoms with Crippen LogP contribution in [0.4, 0.5) is 8.78 Å². The maximum Gasteiger partial charge on any atom is 0.272 e. The Hall–Kier alpha value is -0.690. The molecule has 1 aliphatic heterocycles. The summed E-state index contributed by atoms with van der Waals surface area (Å²) >= 11 is 0. The van der Waals surface area contributed by atoms with E-state index in [-0.39, 0.29) is 18.5 Å². The highest BCUT2D eigenvalue weighted by Crippen LogP contribution is 2.44. The summed E-state index contributed by atoms with van der Waals surface area (Å²) < 4.78 is 25.6. The van der Waals surface area contributed by atoms with E-state index in [9.17, 15) is 8.78 Å². The fraction of sp³-hybridized carbons (Fsp3) is 0.923. The number of likely N-dealkylation sites (tertiary alicyclic amines) is 1. The Kier molecular flexibility index (Phi) is 3.40. The van der Waals surface area contributed by atoms with Crippen molar-refractivity contribution in [3.63, 3.8) is 0 Å². The predicted molar refractivity (Wildman–Crippen MR) is 61.7 cm³/mol. The number of rotatable bonds is 3. The van der Waals surface area contributed by atoms with E-state index >= 15 is 0 Å². The smallest absolute Gasteiger partial charge is 0.272 e. The molecule has 0 aromatic heterocycles. The van der Waals surface area contributed by atoms with Gasteiger partial charge in [-0.05, 0) is 37.5 Å². The molecule has 1 heterocycles. The van der Waals surface area contributed by atoms with Gasteiger partial charge in [-0.15, -0.1) is 0 Å². The molecule has 2 aliphatic rings. The molecule has 2 nitrogen and oxygen atoms in total. The highest BCUT2D eigenvalue weighted by Gasteiger charge is 2.48. The Morgan fingerprint density at radius 3 is 2.29 bits per heavy atom. The van der Waals surface area contributed by atoms with Gasteiger partial charge in [0.25, 0.3) is 5.92 Å². The van der Waals surface area contributed by atoms with Gasteiger partial charge in [-0.2, -0.15) is 5.26 Å². The lowest BCUT2D eigenvalue weighted by molar-refractivity contribution is -0.152. The van der Waals surface area contributed by atoms with E-state index in [1.54, 1.807) is 0 Å². The zero-order valence-corrected chi connectivity index (χ0v) is 10.4. The summed E-state index contributed by atoms with van der Waals surface area (Å²) in [5.74, 6) is -2.45. The van der Waals surface area contributed by atoms with Crippen LogP contribution in [0.1, 0.15) is 45.4 Å². The maximum atomic E-state index is 12.8. The molecule has 0 amide bonds. The van der Waals surface area contributed by atoms with Crippen molar-refractivity contribution in [2.24, 2.45) is 5.41 Å². The molecular weight excluding hydrogens is 222 g/mol. The van der Waals surface area contributed by atoms with Crippen LogP contribution in [0, 0.1) is 16.7 Å². The van der Waals surface area contributed by atoms with Crippen LogP contribution in [-0.4, -0.2) is 30.0 Å². The Morgan fingerprint density at radius 2 is 1.88 bits per heavy atom. The Bertz CT molecular complexity index is 306. The van der Waals surface area contributed by atoms with Crippen molar-refractivity contribution in [2.75, 3.05) is 13.1 Å². The van der Waals surface area contributed by atoms with Gasteiger partial charge in [0.15, 0.2) is 0 Å². The van der Waals surface area contributed by atoms with Crippen molar-refractivity contribution in [1.29, 1.82) is 5.26 Å². The number of nitrogens with zero attached hydrogens (tertiary/aromatic N) is 2. The van der Waals surface area contributed by atoms with Gasteiger partial charge in [0.05, 0.1) is 19.2 Å². The topological polar surface area (TPSA) is 27.0 Å². The van der Waals surface area contributed by atoms with Gasteiger partial charge in [0, 0.05) is 12.5 Å². The van der Waals surface area contributed by atoms with Gasteiger partial charge < -0.3 is 0 Å². The Morgan fingerprint density at radius 1 is 1.29 bits per heavy atom. The molecule has 0 aromatic rings. The molecule has 2 rings (SSSR count). The number of hydrogen-bond donors (Lipinski definition) is 0. The minimum Gasteiger partial charge on any atom is -0.288 e. The molecule has 0 spiro atoms. The Balaban J connectivity index is 1.84. The van der Waals surface area contributed by atoms with E-state index in [4.69, 9.17) is 5.26 Å². The Labute approximate surface area is 102 Å². The first-order valence-corrected chi connectivity index (χ1v) is 6.49. The summed E-state index contributed by atoms with van der Waals surface area (Å²) in [7, 11) is 0. The van der Waals surface area contributed by atoms with Gasteiger partial charge in [-0.1, -0.05) is 6.92 Å². The summed E-state index contributed by atoms with van der Waals surface area (Å²) in [6.07, 6.45) is 5.64. The van der Waals surface area contributed by atoms with Crippen molar-refractivity contribution in [1.82, 2.24) is 4.90 Å². The largest absolute Gasteiger partial charge is 0.288 e. The van der Waals surface area contributed by atoms with Crippen molar-refractivity contribution >= 4 is 0 Å². The van der Waals surface area contributed by atoms with Crippen molar-refractivity contribution < 1.29 is 8.78 Å². The second-order valence-corrected chi connectivity index (χ2v) is 5.68. The van der Waals surface area contributed by atoms with Crippen LogP contribution in [0.3, 0.4) is 0 Å². The SMILES string of the molecule is CCC1(CC#N)CCC(N2CC(F)(F)C2)CC1. The van der Waals surface area contributed by atoms with Crippen LogP contribution in [0.5, 0.6) is 0 Å². The molecule has 0 unspecified atom stereocenters. The minimum absolute atomic E-state index is 0.0605. The zero-order chi connectivity index (χ0) is 12.5. The van der Waals surface area contributed by atoms with Crippen LogP contribution in [0.2, 0.25) is 0 Å². The fourth-order valence-corrected chi connectivity index (χ4v) is 3.21. The van der Waals surface area contributed by atoms with Gasteiger partial charge in [0.2, 0.25) is 0 Å². The fourth-order valence-electron chi connectivity index (χ4n) is 3.21. The van der Waals surface area contributed by atoms with Crippen LogP contribution in [0.15, 0.2) is 0 Å². The highest BCUT2D eigenvalue weighted by molar-refractivity contribution is 4.97. The summed E-state index contributed by atoms with van der Waals surface area (Å²) in [5, 5.41) is 8.86. The highest BCUT2D eigenvalue weighted by atomic mass is 19.3. The second-order valence-electron chi connectivity index (χ2n) is 5.68. The van der Waals surface area contributed by atoms with E-state index in [2.05, 4.69) is 13.0 Å². The molecule has 0 radical (unpaired) electrons. The third-order valence-electron chi connectivity index (χ3n) is 4.61. The number of halogens is 2. The second kappa shape index (κ2) is 4.53. The molecule has 0 N–H and O–H groups in total. The maximum absolute atomic E-state index is 12.8. The van der Waals surface area contributed by atoms with E-state index in [1.165, 1.54) is 0 Å². The lowest BCUT2D eigenvalue weighted by Gasteiger charge is -2.48. The van der Waals surface area contributed by atoms with Gasteiger partial charge in [-0.25, -0.2) is 8.78 Å². The first-order valence-electron chi connectivity index (χ1n) is 6.49. The van der Waals surface area contributed by atoms with Crippen LogP contribution >= 0.6 is 0 Å². The molecule has 4 heteroatoms. The van der Waals surface area contributed by atoms with Crippen LogP contribution in [0.25, 0.3) is 0 Å². The molecule has 0 atom stereocenters. The number of hydrogen-bond acceptors (Lipinski definition) is 2. The van der Waals surface area contributed by atoms with E-state index in [0.717, 1.165) is 32.1 Å². The van der Waals surface area contributed by atoms with Gasteiger partial charge >= 0.3 is 0 Å². The lowest BCUT2D eigenvalue weighted by Crippen LogP contribution is -2.60. The third kappa shape index (κ3) is 2.60. The third-order valence-corrected chi connectivity index (χ3v) is 4.61. The predicted octanol–water partition coefficient (Wildman–Crippen LogP) is 3.19.